The van der Waals surface area contributed by atoms with Crippen LogP contribution in [0.25, 0.3) is 12.2 Å². The number of sulfonamides is 2. The lowest BCUT2D eigenvalue weighted by atomic mass is 10.1. The van der Waals surface area contributed by atoms with Gasteiger partial charge >= 0.3 is 0 Å². The highest BCUT2D eigenvalue weighted by molar-refractivity contribution is 7.92. The Balaban J connectivity index is 2.36. The third kappa shape index (κ3) is 5.71. The maximum absolute atomic E-state index is 11.4. The highest BCUT2D eigenvalue weighted by atomic mass is 32.2. The minimum atomic E-state index is -3.39. The lowest BCUT2D eigenvalue weighted by Crippen LogP contribution is -2.10. The first-order valence-electron chi connectivity index (χ1n) is 6.96. The predicted octanol–water partition coefficient (Wildman–Crippen LogP) is 2.60. The summed E-state index contributed by atoms with van der Waals surface area (Å²) in [6.07, 6.45) is 5.60. The van der Waals surface area contributed by atoms with Gasteiger partial charge in [0.15, 0.2) is 0 Å². The number of rotatable bonds is 6. The van der Waals surface area contributed by atoms with E-state index in [9.17, 15) is 16.8 Å². The van der Waals surface area contributed by atoms with E-state index in [0.717, 1.165) is 12.5 Å². The standard InChI is InChI=1S/C16H18N2O4S2/c1-23(19,20)17-15-9-5-3-7-13(15)11-12-14-8-4-6-10-16(14)18-24(2,21)22/h3-12,17-18H,1-2H3/b12-11+. The number of benzene rings is 2. The van der Waals surface area contributed by atoms with Crippen LogP contribution in [0.1, 0.15) is 11.1 Å². The molecular formula is C16H18N2O4S2. The molecule has 6 nitrogen and oxygen atoms in total. The number of para-hydroxylation sites is 2. The van der Waals surface area contributed by atoms with Gasteiger partial charge < -0.3 is 0 Å². The molecule has 0 saturated carbocycles. The van der Waals surface area contributed by atoms with Gasteiger partial charge in [-0.15, -0.1) is 0 Å². The van der Waals surface area contributed by atoms with E-state index in [1.54, 1.807) is 60.7 Å². The molecule has 0 saturated heterocycles. The Kier molecular flexibility index (Phi) is 5.30. The molecular weight excluding hydrogens is 348 g/mol. The molecule has 0 unspecified atom stereocenters. The van der Waals surface area contributed by atoms with Crippen molar-refractivity contribution in [3.05, 3.63) is 59.7 Å². The first-order chi connectivity index (χ1) is 11.1. The molecule has 0 radical (unpaired) electrons. The molecule has 0 fully saturated rings. The van der Waals surface area contributed by atoms with Crippen molar-refractivity contribution in [1.82, 2.24) is 0 Å². The second kappa shape index (κ2) is 7.06. The van der Waals surface area contributed by atoms with Crippen LogP contribution in [-0.2, 0) is 20.0 Å². The van der Waals surface area contributed by atoms with Crippen molar-refractivity contribution in [3.63, 3.8) is 0 Å². The fraction of sp³-hybridized carbons (Fsp3) is 0.125. The average molecular weight is 366 g/mol. The molecule has 2 aromatic carbocycles. The molecule has 2 N–H and O–H groups in total. The normalized spacial score (nSPS) is 12.2. The molecule has 0 aliphatic carbocycles. The molecule has 0 heterocycles. The van der Waals surface area contributed by atoms with Gasteiger partial charge in [0, 0.05) is 0 Å². The van der Waals surface area contributed by atoms with E-state index in [0.29, 0.717) is 22.5 Å². The molecule has 0 spiro atoms. The fourth-order valence-electron chi connectivity index (χ4n) is 2.05. The Labute approximate surface area is 142 Å². The van der Waals surface area contributed by atoms with Gasteiger partial charge in [0.25, 0.3) is 0 Å². The summed E-state index contributed by atoms with van der Waals surface area (Å²) in [6.45, 7) is 0. The summed E-state index contributed by atoms with van der Waals surface area (Å²) < 4.78 is 50.6. The largest absolute Gasteiger partial charge is 0.283 e. The minimum Gasteiger partial charge on any atom is -0.283 e. The molecule has 24 heavy (non-hydrogen) atoms. The molecule has 0 aliphatic heterocycles. The summed E-state index contributed by atoms with van der Waals surface area (Å²) in [6, 6.07) is 13.9. The Morgan fingerprint density at radius 1 is 0.667 bits per heavy atom. The Hall–Kier alpha value is -2.32. The van der Waals surface area contributed by atoms with Crippen LogP contribution in [0, 0.1) is 0 Å². The van der Waals surface area contributed by atoms with Gasteiger partial charge in [0.2, 0.25) is 20.0 Å². The van der Waals surface area contributed by atoms with Gasteiger partial charge in [-0.25, -0.2) is 16.8 Å². The fourth-order valence-corrected chi connectivity index (χ4v) is 3.22. The lowest BCUT2D eigenvalue weighted by Gasteiger charge is -2.09. The van der Waals surface area contributed by atoms with Crippen LogP contribution in [0.2, 0.25) is 0 Å². The summed E-state index contributed by atoms with van der Waals surface area (Å²) in [4.78, 5) is 0. The van der Waals surface area contributed by atoms with Gasteiger partial charge in [-0.3, -0.25) is 9.44 Å². The molecule has 0 bridgehead atoms. The van der Waals surface area contributed by atoms with E-state index in [4.69, 9.17) is 0 Å². The van der Waals surface area contributed by atoms with Crippen LogP contribution in [-0.4, -0.2) is 29.3 Å². The third-order valence-electron chi connectivity index (χ3n) is 2.95. The second-order valence-corrected chi connectivity index (χ2v) is 8.75. The highest BCUT2D eigenvalue weighted by Crippen LogP contribution is 2.22. The van der Waals surface area contributed by atoms with Gasteiger partial charge in [0.1, 0.15) is 0 Å². The summed E-state index contributed by atoms with van der Waals surface area (Å²) in [5.41, 5.74) is 2.23. The molecule has 0 aromatic heterocycles. The number of hydrogen-bond acceptors (Lipinski definition) is 4. The summed E-state index contributed by atoms with van der Waals surface area (Å²) in [7, 11) is -6.78. The van der Waals surface area contributed by atoms with E-state index < -0.39 is 20.0 Å². The molecule has 0 atom stereocenters. The van der Waals surface area contributed by atoms with E-state index in [1.807, 2.05) is 0 Å². The molecule has 128 valence electrons. The van der Waals surface area contributed by atoms with E-state index in [1.165, 1.54) is 0 Å². The Morgan fingerprint density at radius 2 is 1.00 bits per heavy atom. The number of hydrogen-bond donors (Lipinski definition) is 2. The summed E-state index contributed by atoms with van der Waals surface area (Å²) in [5, 5.41) is 0. The lowest BCUT2D eigenvalue weighted by molar-refractivity contribution is 0.605. The Bertz CT molecular complexity index is 886. The van der Waals surface area contributed by atoms with Crippen molar-refractivity contribution in [2.75, 3.05) is 22.0 Å². The number of nitrogens with one attached hydrogen (secondary N) is 2. The Morgan fingerprint density at radius 3 is 1.33 bits per heavy atom. The maximum atomic E-state index is 11.4. The van der Waals surface area contributed by atoms with Crippen LogP contribution in [0.3, 0.4) is 0 Å². The molecule has 0 aliphatic rings. The van der Waals surface area contributed by atoms with Crippen molar-refractivity contribution in [3.8, 4) is 0 Å². The first-order valence-corrected chi connectivity index (χ1v) is 10.7. The smallest absolute Gasteiger partial charge is 0.229 e. The van der Waals surface area contributed by atoms with Gasteiger partial charge in [-0.1, -0.05) is 48.6 Å². The monoisotopic (exact) mass is 366 g/mol. The van der Waals surface area contributed by atoms with E-state index >= 15 is 0 Å². The average Bonchev–Trinajstić information content (AvgIpc) is 2.44. The van der Waals surface area contributed by atoms with Gasteiger partial charge in [0.05, 0.1) is 23.9 Å². The predicted molar refractivity (Wildman–Crippen MR) is 98.7 cm³/mol. The molecule has 8 heteroatoms. The maximum Gasteiger partial charge on any atom is 0.229 e. The van der Waals surface area contributed by atoms with Crippen LogP contribution in [0.15, 0.2) is 48.5 Å². The minimum absolute atomic E-state index is 0.449. The van der Waals surface area contributed by atoms with Crippen molar-refractivity contribution >= 4 is 43.6 Å². The summed E-state index contributed by atoms with van der Waals surface area (Å²) >= 11 is 0. The molecule has 0 amide bonds. The zero-order chi connectivity index (χ0) is 17.8. The SMILES string of the molecule is CS(=O)(=O)Nc1ccccc1/C=C/c1ccccc1NS(C)(=O)=O. The van der Waals surface area contributed by atoms with Crippen molar-refractivity contribution in [2.24, 2.45) is 0 Å². The zero-order valence-electron chi connectivity index (χ0n) is 13.2. The molecule has 2 rings (SSSR count). The summed E-state index contributed by atoms with van der Waals surface area (Å²) in [5.74, 6) is 0. The highest BCUT2D eigenvalue weighted by Gasteiger charge is 2.07. The molecule has 2 aromatic rings. The second-order valence-electron chi connectivity index (χ2n) is 5.26. The zero-order valence-corrected chi connectivity index (χ0v) is 14.9. The van der Waals surface area contributed by atoms with Crippen LogP contribution >= 0.6 is 0 Å². The number of anilines is 2. The topological polar surface area (TPSA) is 92.3 Å². The van der Waals surface area contributed by atoms with Crippen LogP contribution in [0.5, 0.6) is 0 Å². The third-order valence-corrected chi connectivity index (χ3v) is 4.14. The van der Waals surface area contributed by atoms with Crippen molar-refractivity contribution in [1.29, 1.82) is 0 Å². The van der Waals surface area contributed by atoms with Gasteiger partial charge in [-0.2, -0.15) is 0 Å². The van der Waals surface area contributed by atoms with Crippen molar-refractivity contribution < 1.29 is 16.8 Å². The van der Waals surface area contributed by atoms with Gasteiger partial charge in [-0.05, 0) is 23.3 Å². The van der Waals surface area contributed by atoms with Crippen LogP contribution < -0.4 is 9.44 Å². The first kappa shape index (κ1) is 18.0. The van der Waals surface area contributed by atoms with Crippen molar-refractivity contribution in [2.45, 2.75) is 0 Å². The quantitative estimate of drug-likeness (QED) is 0.769. The van der Waals surface area contributed by atoms with E-state index in [2.05, 4.69) is 9.44 Å². The van der Waals surface area contributed by atoms with Crippen LogP contribution in [0.4, 0.5) is 11.4 Å². The van der Waals surface area contributed by atoms with E-state index in [-0.39, 0.29) is 0 Å².